The van der Waals surface area contributed by atoms with Crippen molar-refractivity contribution in [2.24, 2.45) is 0 Å². The van der Waals surface area contributed by atoms with Gasteiger partial charge in [-0.2, -0.15) is 0 Å². The maximum Gasteiger partial charge on any atom is 0.268 e. The Morgan fingerprint density at radius 3 is 1.14 bits per heavy atom. The van der Waals surface area contributed by atoms with Gasteiger partial charge in [0.25, 0.3) is 7.82 Å². The predicted octanol–water partition coefficient (Wildman–Crippen LogP) is 20.1. The van der Waals surface area contributed by atoms with Crippen molar-refractivity contribution in [2.45, 2.75) is 309 Å². The monoisotopic (exact) mass is 1110 g/mol. The molecule has 0 spiro atoms. The molecule has 0 aliphatic carbocycles. The smallest absolute Gasteiger partial charge is 0.268 e. The summed E-state index contributed by atoms with van der Waals surface area (Å²) in [6.45, 7) is 4.56. The summed E-state index contributed by atoms with van der Waals surface area (Å²) >= 11 is 0. The van der Waals surface area contributed by atoms with Gasteiger partial charge in [-0.15, -0.1) is 0 Å². The number of carbonyl (C=O) groups is 1. The first kappa shape index (κ1) is 75.7. The summed E-state index contributed by atoms with van der Waals surface area (Å²) in [6, 6.07) is -0.896. The van der Waals surface area contributed by atoms with Crippen molar-refractivity contribution in [3.05, 3.63) is 85.1 Å². The number of phosphoric acid groups is 1. The molecule has 0 radical (unpaired) electrons. The molecule has 0 aromatic carbocycles. The lowest BCUT2D eigenvalue weighted by Crippen LogP contribution is -2.45. The molecule has 3 unspecified atom stereocenters. The minimum atomic E-state index is -4.61. The molecular weight excluding hydrogens is 984 g/mol. The molecule has 0 aromatic rings. The van der Waals surface area contributed by atoms with Crippen LogP contribution in [0.3, 0.4) is 0 Å². The van der Waals surface area contributed by atoms with Crippen LogP contribution in [0.15, 0.2) is 85.1 Å². The van der Waals surface area contributed by atoms with Crippen molar-refractivity contribution in [1.82, 2.24) is 5.32 Å². The fraction of sp³-hybridized carbons (Fsp3) is 0.783. The van der Waals surface area contributed by atoms with E-state index in [1.54, 1.807) is 6.08 Å². The van der Waals surface area contributed by atoms with E-state index in [0.717, 1.165) is 83.5 Å². The number of amides is 1. The third kappa shape index (κ3) is 61.3. The molecule has 9 heteroatoms. The summed E-state index contributed by atoms with van der Waals surface area (Å²) in [4.78, 5) is 25.6. The van der Waals surface area contributed by atoms with Gasteiger partial charge in [0.2, 0.25) is 5.91 Å². The van der Waals surface area contributed by atoms with Gasteiger partial charge in [-0.05, 0) is 70.6 Å². The average molecular weight is 1110 g/mol. The predicted molar refractivity (Wildman–Crippen MR) is 339 cm³/mol. The van der Waals surface area contributed by atoms with Crippen LogP contribution in [0.2, 0.25) is 0 Å². The van der Waals surface area contributed by atoms with Gasteiger partial charge in [-0.25, -0.2) is 0 Å². The van der Waals surface area contributed by atoms with Gasteiger partial charge in [0, 0.05) is 6.42 Å². The van der Waals surface area contributed by atoms with Crippen LogP contribution >= 0.6 is 7.82 Å². The van der Waals surface area contributed by atoms with E-state index >= 15 is 0 Å². The Bertz CT molecular complexity index is 1550. The van der Waals surface area contributed by atoms with Crippen molar-refractivity contribution in [3.63, 3.8) is 0 Å². The van der Waals surface area contributed by atoms with Crippen LogP contribution < -0.4 is 10.2 Å². The van der Waals surface area contributed by atoms with Gasteiger partial charge in [0.05, 0.1) is 39.9 Å². The largest absolute Gasteiger partial charge is 0.756 e. The van der Waals surface area contributed by atoms with Crippen LogP contribution in [0.25, 0.3) is 0 Å². The minimum Gasteiger partial charge on any atom is -0.756 e. The van der Waals surface area contributed by atoms with Crippen LogP contribution in [0.1, 0.15) is 296 Å². The second kappa shape index (κ2) is 59.3. The Balaban J connectivity index is 4.15. The SMILES string of the molecule is CC/C=C\C/C=C\C/C=C\C/C=C\C/C=C\C/C=C\CCCCCCCCCCCCC(=O)NC(COP(=O)([O-])OCC[N+](C)(C)C)C(O)/C=C/CCCCCCCCCCCCCCCCCCCCCCCCCCC. The van der Waals surface area contributed by atoms with E-state index in [-0.39, 0.29) is 19.1 Å². The van der Waals surface area contributed by atoms with Crippen molar-refractivity contribution in [2.75, 3.05) is 40.9 Å². The number of likely N-dealkylation sites (N-methyl/N-ethyl adjacent to an activating group) is 1. The Kier molecular flexibility index (Phi) is 57.5. The summed E-state index contributed by atoms with van der Waals surface area (Å²) in [5.74, 6) is -0.202. The highest BCUT2D eigenvalue weighted by atomic mass is 31.2. The standard InChI is InChI=1S/C69H127N2O6P/c1-6-8-10-12-14-16-18-20-22-24-26-28-30-32-34-35-37-39-41-43-45-47-49-51-53-55-57-59-61-63-69(73)70-67(66-77-78(74,75)76-65-64-71(3,4)5)68(72)62-60-58-56-54-52-50-48-46-44-42-40-38-36-33-31-29-27-25-23-21-19-17-15-13-11-9-7-2/h8,10,14,16,20,22,26,28,32,34,37,39,60,62,67-68,72H,6-7,9,11-13,15,17-19,21,23-25,27,29-31,33,35-36,38,40-59,61,63-66H2,1-5H3,(H-,70,73,74,75)/b10-8-,16-14-,22-20-,28-26-,34-32-,39-37-,62-60+. The van der Waals surface area contributed by atoms with Gasteiger partial charge in [-0.3, -0.25) is 9.36 Å². The molecule has 0 aliphatic rings. The fourth-order valence-corrected chi connectivity index (χ4v) is 10.2. The lowest BCUT2D eigenvalue weighted by Gasteiger charge is -2.29. The molecule has 0 saturated heterocycles. The molecule has 1 amide bonds. The number of nitrogens with zero attached hydrogens (tertiary/aromatic N) is 1. The fourth-order valence-electron chi connectivity index (χ4n) is 9.51. The summed E-state index contributed by atoms with van der Waals surface area (Å²) < 4.78 is 23.4. The van der Waals surface area contributed by atoms with E-state index in [9.17, 15) is 19.4 Å². The van der Waals surface area contributed by atoms with E-state index in [0.29, 0.717) is 17.4 Å². The van der Waals surface area contributed by atoms with E-state index in [2.05, 4.69) is 92.1 Å². The van der Waals surface area contributed by atoms with Crippen molar-refractivity contribution >= 4 is 13.7 Å². The molecular formula is C69H127N2O6P. The maximum absolute atomic E-state index is 13.0. The number of hydrogen-bond acceptors (Lipinski definition) is 6. The number of rotatable bonds is 60. The van der Waals surface area contributed by atoms with E-state index in [1.165, 1.54) is 193 Å². The van der Waals surface area contributed by atoms with E-state index in [4.69, 9.17) is 9.05 Å². The number of allylic oxidation sites excluding steroid dienone is 13. The summed E-state index contributed by atoms with van der Waals surface area (Å²) in [5, 5.41) is 14.0. The first-order chi connectivity index (χ1) is 38.0. The number of carbonyl (C=O) groups excluding carboxylic acids is 1. The second-order valence-electron chi connectivity index (χ2n) is 23.4. The third-order valence-corrected chi connectivity index (χ3v) is 15.6. The number of aliphatic hydroxyl groups excluding tert-OH is 1. The minimum absolute atomic E-state index is 0.00486. The molecule has 0 aliphatic heterocycles. The summed E-state index contributed by atoms with van der Waals surface area (Å²) in [6.07, 6.45) is 83.9. The molecule has 8 nitrogen and oxygen atoms in total. The Labute approximate surface area is 484 Å². The van der Waals surface area contributed by atoms with E-state index in [1.807, 2.05) is 27.2 Å². The quantitative estimate of drug-likeness (QED) is 0.0272. The van der Waals surface area contributed by atoms with Crippen LogP contribution in [0, 0.1) is 0 Å². The molecule has 0 bridgehead atoms. The lowest BCUT2D eigenvalue weighted by molar-refractivity contribution is -0.870. The van der Waals surface area contributed by atoms with Gasteiger partial charge < -0.3 is 28.8 Å². The topological polar surface area (TPSA) is 108 Å². The Hall–Kier alpha value is -2.32. The van der Waals surface area contributed by atoms with Crippen molar-refractivity contribution in [3.8, 4) is 0 Å². The number of nitrogens with one attached hydrogen (secondary N) is 1. The third-order valence-electron chi connectivity index (χ3n) is 14.6. The van der Waals surface area contributed by atoms with Crippen molar-refractivity contribution in [1.29, 1.82) is 0 Å². The molecule has 0 heterocycles. The maximum atomic E-state index is 13.0. The molecule has 0 aromatic heterocycles. The molecule has 0 fully saturated rings. The Morgan fingerprint density at radius 1 is 0.462 bits per heavy atom. The second-order valence-corrected chi connectivity index (χ2v) is 24.9. The number of hydrogen-bond donors (Lipinski definition) is 2. The van der Waals surface area contributed by atoms with Crippen LogP contribution in [0.5, 0.6) is 0 Å². The highest BCUT2D eigenvalue weighted by Crippen LogP contribution is 2.38. The zero-order valence-electron chi connectivity index (χ0n) is 51.9. The average Bonchev–Trinajstić information content (AvgIpc) is 3.41. The lowest BCUT2D eigenvalue weighted by atomic mass is 10.0. The molecule has 2 N–H and O–H groups in total. The zero-order chi connectivity index (χ0) is 57.0. The van der Waals surface area contributed by atoms with Crippen LogP contribution in [-0.4, -0.2) is 68.5 Å². The number of aliphatic hydroxyl groups is 1. The summed E-state index contributed by atoms with van der Waals surface area (Å²) in [5.41, 5.74) is 0. The number of phosphoric ester groups is 1. The molecule has 0 saturated carbocycles. The van der Waals surface area contributed by atoms with Crippen LogP contribution in [-0.2, 0) is 18.4 Å². The van der Waals surface area contributed by atoms with Gasteiger partial charge in [-0.1, -0.05) is 304 Å². The number of unbranched alkanes of at least 4 members (excludes halogenated alkanes) is 35. The highest BCUT2D eigenvalue weighted by Gasteiger charge is 2.23. The number of quaternary nitrogens is 1. The highest BCUT2D eigenvalue weighted by molar-refractivity contribution is 7.45. The normalized spacial score (nSPS) is 14.3. The summed E-state index contributed by atoms with van der Waals surface area (Å²) in [7, 11) is 1.26. The molecule has 3 atom stereocenters. The van der Waals surface area contributed by atoms with Gasteiger partial charge >= 0.3 is 0 Å². The first-order valence-corrected chi connectivity index (χ1v) is 34.4. The van der Waals surface area contributed by atoms with E-state index < -0.39 is 20.0 Å². The van der Waals surface area contributed by atoms with Crippen molar-refractivity contribution < 1.29 is 32.9 Å². The molecule has 78 heavy (non-hydrogen) atoms. The van der Waals surface area contributed by atoms with Gasteiger partial charge in [0.1, 0.15) is 13.2 Å². The van der Waals surface area contributed by atoms with Crippen LogP contribution in [0.4, 0.5) is 0 Å². The zero-order valence-corrected chi connectivity index (χ0v) is 52.7. The Morgan fingerprint density at radius 2 is 0.782 bits per heavy atom. The molecule has 0 rings (SSSR count). The molecule has 454 valence electrons. The van der Waals surface area contributed by atoms with Gasteiger partial charge in [0.15, 0.2) is 0 Å². The first-order valence-electron chi connectivity index (χ1n) is 32.9.